The minimum atomic E-state index is -3.67. The minimum Gasteiger partial charge on any atom is -0.502 e. The SMILES string of the molecule is CCOP(=O)(Oc1cc(OC)c(O)c(OC)c1)C(CC)Nc1nccc(C)c1C. The summed E-state index contributed by atoms with van der Waals surface area (Å²) in [6.45, 7) is 7.76. The van der Waals surface area contributed by atoms with Crippen LogP contribution in [-0.4, -0.2) is 36.7 Å². The number of nitrogens with one attached hydrogen (secondary N) is 1. The Balaban J connectivity index is 2.41. The quantitative estimate of drug-likeness (QED) is 0.521. The van der Waals surface area contributed by atoms with Crippen molar-refractivity contribution in [2.75, 3.05) is 26.1 Å². The van der Waals surface area contributed by atoms with Gasteiger partial charge in [-0.25, -0.2) is 9.55 Å². The molecule has 9 heteroatoms. The van der Waals surface area contributed by atoms with E-state index in [2.05, 4.69) is 10.3 Å². The van der Waals surface area contributed by atoms with Crippen molar-refractivity contribution in [2.45, 2.75) is 39.9 Å². The van der Waals surface area contributed by atoms with Crippen LogP contribution in [0.25, 0.3) is 0 Å². The van der Waals surface area contributed by atoms with Crippen LogP contribution in [0.5, 0.6) is 23.0 Å². The third-order valence-corrected chi connectivity index (χ3v) is 6.88. The fourth-order valence-corrected chi connectivity index (χ4v) is 4.62. The van der Waals surface area contributed by atoms with Crippen molar-refractivity contribution in [1.82, 2.24) is 4.98 Å². The van der Waals surface area contributed by atoms with Crippen LogP contribution in [0.4, 0.5) is 5.82 Å². The molecule has 2 rings (SSSR count). The van der Waals surface area contributed by atoms with Crippen molar-refractivity contribution in [3.8, 4) is 23.0 Å². The maximum Gasteiger partial charge on any atom is 0.401 e. The predicted molar refractivity (Wildman–Crippen MR) is 112 cm³/mol. The molecule has 2 N–H and O–H groups in total. The van der Waals surface area contributed by atoms with Gasteiger partial charge in [-0.3, -0.25) is 4.52 Å². The second kappa shape index (κ2) is 9.85. The Kier molecular flexibility index (Phi) is 7.76. The molecule has 2 aromatic rings. The summed E-state index contributed by atoms with van der Waals surface area (Å²) < 4.78 is 35.5. The Morgan fingerprint density at radius 1 is 1.17 bits per heavy atom. The number of anilines is 1. The number of benzene rings is 1. The highest BCUT2D eigenvalue weighted by atomic mass is 31.2. The van der Waals surface area contributed by atoms with Crippen LogP contribution in [0.15, 0.2) is 24.4 Å². The maximum atomic E-state index is 13.7. The normalized spacial score (nSPS) is 14.0. The van der Waals surface area contributed by atoms with Gasteiger partial charge >= 0.3 is 7.60 Å². The number of ether oxygens (including phenoxy) is 2. The molecule has 0 saturated carbocycles. The first-order chi connectivity index (χ1) is 13.8. The highest BCUT2D eigenvalue weighted by Crippen LogP contribution is 2.55. The average Bonchev–Trinajstić information content (AvgIpc) is 2.70. The molecule has 1 aromatic carbocycles. The number of phenolic OH excluding ortho intramolecular Hbond substituents is 1. The van der Waals surface area contributed by atoms with Gasteiger partial charge < -0.3 is 24.4 Å². The van der Waals surface area contributed by atoms with E-state index in [0.717, 1.165) is 11.1 Å². The molecule has 1 heterocycles. The highest BCUT2D eigenvalue weighted by molar-refractivity contribution is 7.55. The topological polar surface area (TPSA) is 99.1 Å². The van der Waals surface area contributed by atoms with Crippen LogP contribution < -0.4 is 19.3 Å². The lowest BCUT2D eigenvalue weighted by Crippen LogP contribution is -2.24. The van der Waals surface area contributed by atoms with Gasteiger partial charge in [0.15, 0.2) is 11.5 Å². The van der Waals surface area contributed by atoms with E-state index in [-0.39, 0.29) is 29.6 Å². The van der Waals surface area contributed by atoms with E-state index in [1.165, 1.54) is 26.4 Å². The van der Waals surface area contributed by atoms with E-state index in [9.17, 15) is 9.67 Å². The number of aryl methyl sites for hydroxylation is 1. The maximum absolute atomic E-state index is 13.7. The lowest BCUT2D eigenvalue weighted by molar-refractivity contribution is 0.270. The standard InChI is InChI=1S/C20H29N2O6P/c1-7-18(22-20-14(4)13(3)9-10-21-20)29(24,27-8-2)28-15-11-16(25-5)19(23)17(12-15)26-6/h9-12,18,23H,7-8H2,1-6H3,(H,21,22). The second-order valence-corrected chi connectivity index (χ2v) is 8.54. The van der Waals surface area contributed by atoms with Crippen LogP contribution in [0, 0.1) is 13.8 Å². The molecule has 29 heavy (non-hydrogen) atoms. The minimum absolute atomic E-state index is 0.139. The van der Waals surface area contributed by atoms with Crippen molar-refractivity contribution < 1.29 is 28.2 Å². The molecule has 1 aromatic heterocycles. The van der Waals surface area contributed by atoms with E-state index in [0.29, 0.717) is 12.2 Å². The van der Waals surface area contributed by atoms with Crippen molar-refractivity contribution in [3.63, 3.8) is 0 Å². The molecule has 0 saturated heterocycles. The van der Waals surface area contributed by atoms with Crippen LogP contribution in [0.3, 0.4) is 0 Å². The highest BCUT2D eigenvalue weighted by Gasteiger charge is 2.37. The Morgan fingerprint density at radius 3 is 2.31 bits per heavy atom. The zero-order valence-electron chi connectivity index (χ0n) is 17.7. The molecule has 2 unspecified atom stereocenters. The third kappa shape index (κ3) is 5.14. The predicted octanol–water partition coefficient (Wildman–Crippen LogP) is 4.88. The van der Waals surface area contributed by atoms with Crippen molar-refractivity contribution in [2.24, 2.45) is 0 Å². The molecular formula is C20H29N2O6P. The lowest BCUT2D eigenvalue weighted by Gasteiger charge is -2.28. The zero-order chi connectivity index (χ0) is 21.6. The summed E-state index contributed by atoms with van der Waals surface area (Å²) >= 11 is 0. The summed E-state index contributed by atoms with van der Waals surface area (Å²) in [6, 6.07) is 4.79. The van der Waals surface area contributed by atoms with Crippen molar-refractivity contribution >= 4 is 13.4 Å². The van der Waals surface area contributed by atoms with Gasteiger partial charge in [-0.05, 0) is 44.4 Å². The summed E-state index contributed by atoms with van der Waals surface area (Å²) in [5.74, 6) is 0.294. The van der Waals surface area contributed by atoms with E-state index >= 15 is 0 Å². The first-order valence-corrected chi connectivity index (χ1v) is 11.0. The van der Waals surface area contributed by atoms with Crippen molar-refractivity contribution in [3.05, 3.63) is 35.5 Å². The van der Waals surface area contributed by atoms with Gasteiger partial charge in [-0.1, -0.05) is 6.92 Å². The van der Waals surface area contributed by atoms with Crippen molar-refractivity contribution in [1.29, 1.82) is 0 Å². The smallest absolute Gasteiger partial charge is 0.401 e. The van der Waals surface area contributed by atoms with E-state index < -0.39 is 13.4 Å². The number of phenols is 1. The summed E-state index contributed by atoms with van der Waals surface area (Å²) in [5.41, 5.74) is 2.03. The molecule has 0 aliphatic carbocycles. The van der Waals surface area contributed by atoms with Gasteiger partial charge in [0, 0.05) is 18.3 Å². The van der Waals surface area contributed by atoms with Gasteiger partial charge in [0.25, 0.3) is 0 Å². The van der Waals surface area contributed by atoms with Gasteiger partial charge in [0.1, 0.15) is 17.4 Å². The van der Waals surface area contributed by atoms with E-state index in [4.69, 9.17) is 18.5 Å². The third-order valence-electron chi connectivity index (χ3n) is 4.54. The van der Waals surface area contributed by atoms with Crippen LogP contribution >= 0.6 is 7.60 Å². The summed E-state index contributed by atoms with van der Waals surface area (Å²) in [5, 5.41) is 13.3. The Bertz CT molecular complexity index is 864. The summed E-state index contributed by atoms with van der Waals surface area (Å²) in [6.07, 6.45) is 2.16. The Hall–Kier alpha value is -2.44. The Morgan fingerprint density at radius 2 is 1.79 bits per heavy atom. The largest absolute Gasteiger partial charge is 0.502 e. The molecule has 0 spiro atoms. The number of hydrogen-bond donors (Lipinski definition) is 2. The first kappa shape index (κ1) is 22.8. The number of hydrogen-bond acceptors (Lipinski definition) is 8. The molecule has 0 aliphatic rings. The van der Waals surface area contributed by atoms with Crippen LogP contribution in [0.2, 0.25) is 0 Å². The first-order valence-electron chi connectivity index (χ1n) is 9.37. The summed E-state index contributed by atoms with van der Waals surface area (Å²) in [4.78, 5) is 4.36. The van der Waals surface area contributed by atoms with E-state index in [1.807, 2.05) is 26.8 Å². The molecule has 2 atom stereocenters. The molecule has 8 nitrogen and oxygen atoms in total. The van der Waals surface area contributed by atoms with Crippen LogP contribution in [-0.2, 0) is 9.09 Å². The van der Waals surface area contributed by atoms with Gasteiger partial charge in [0.05, 0.1) is 20.8 Å². The molecule has 0 radical (unpaired) electrons. The molecule has 0 bridgehead atoms. The number of rotatable bonds is 10. The number of nitrogens with zero attached hydrogens (tertiary/aromatic N) is 1. The number of aromatic nitrogens is 1. The number of pyridine rings is 1. The lowest BCUT2D eigenvalue weighted by atomic mass is 10.1. The number of methoxy groups -OCH3 is 2. The zero-order valence-corrected chi connectivity index (χ0v) is 18.6. The van der Waals surface area contributed by atoms with E-state index in [1.54, 1.807) is 13.1 Å². The fraction of sp³-hybridized carbons (Fsp3) is 0.450. The van der Waals surface area contributed by atoms with Gasteiger partial charge in [-0.15, -0.1) is 0 Å². The van der Waals surface area contributed by atoms with Gasteiger partial charge in [0.2, 0.25) is 5.75 Å². The molecule has 0 aliphatic heterocycles. The van der Waals surface area contributed by atoms with Gasteiger partial charge in [-0.2, -0.15) is 0 Å². The fourth-order valence-electron chi connectivity index (χ4n) is 2.77. The molecule has 0 amide bonds. The van der Waals surface area contributed by atoms with Crippen LogP contribution in [0.1, 0.15) is 31.4 Å². The second-order valence-electron chi connectivity index (χ2n) is 6.40. The molecule has 160 valence electrons. The number of aromatic hydroxyl groups is 1. The Labute approximate surface area is 171 Å². The monoisotopic (exact) mass is 424 g/mol. The summed E-state index contributed by atoms with van der Waals surface area (Å²) in [7, 11) is -0.860. The molecule has 0 fully saturated rings. The molecular weight excluding hydrogens is 395 g/mol. The average molecular weight is 424 g/mol.